The fourth-order valence-electron chi connectivity index (χ4n) is 1.61. The van der Waals surface area contributed by atoms with Gasteiger partial charge in [0.15, 0.2) is 5.82 Å². The van der Waals surface area contributed by atoms with Crippen LogP contribution in [-0.4, -0.2) is 21.8 Å². The Morgan fingerprint density at radius 2 is 1.85 bits per heavy atom. The van der Waals surface area contributed by atoms with E-state index >= 15 is 0 Å². The van der Waals surface area contributed by atoms with Crippen molar-refractivity contribution in [1.29, 1.82) is 0 Å². The van der Waals surface area contributed by atoms with Crippen molar-refractivity contribution in [3.8, 4) is 17.1 Å². The number of unbranched alkanes of at least 4 members (excludes halogenated alkanes) is 1. The van der Waals surface area contributed by atoms with Crippen LogP contribution < -0.4 is 4.74 Å². The van der Waals surface area contributed by atoms with E-state index in [1.54, 1.807) is 0 Å². The molecule has 1 aromatic carbocycles. The van der Waals surface area contributed by atoms with E-state index < -0.39 is 5.24 Å². The maximum absolute atomic E-state index is 10.9. The van der Waals surface area contributed by atoms with Gasteiger partial charge in [-0.3, -0.25) is 4.79 Å². The normalized spacial score (nSPS) is 10.3. The van der Waals surface area contributed by atoms with Gasteiger partial charge in [0.25, 0.3) is 5.24 Å². The molecule has 4 nitrogen and oxygen atoms in total. The Balaban J connectivity index is 2.07. The molecule has 0 saturated carbocycles. The van der Waals surface area contributed by atoms with Gasteiger partial charge < -0.3 is 4.74 Å². The third-order valence-corrected chi connectivity index (χ3v) is 2.98. The number of ether oxygens (including phenoxy) is 1. The monoisotopic (exact) mass is 290 g/mol. The fourth-order valence-corrected chi connectivity index (χ4v) is 1.71. The molecule has 0 atom stereocenters. The number of nitrogens with zero attached hydrogens (tertiary/aromatic N) is 2. The van der Waals surface area contributed by atoms with Gasteiger partial charge >= 0.3 is 0 Å². The second-order valence-corrected chi connectivity index (χ2v) is 4.64. The summed E-state index contributed by atoms with van der Waals surface area (Å²) in [5.74, 6) is 1.38. The largest absolute Gasteiger partial charge is 0.494 e. The maximum Gasteiger partial charge on any atom is 0.255 e. The number of hydrogen-bond acceptors (Lipinski definition) is 4. The van der Waals surface area contributed by atoms with Gasteiger partial charge in [-0.1, -0.05) is 13.3 Å². The summed E-state index contributed by atoms with van der Waals surface area (Å²) in [7, 11) is 0. The van der Waals surface area contributed by atoms with Crippen molar-refractivity contribution in [2.45, 2.75) is 19.8 Å². The van der Waals surface area contributed by atoms with E-state index in [-0.39, 0.29) is 5.56 Å². The Kier molecular flexibility index (Phi) is 5.07. The van der Waals surface area contributed by atoms with Crippen molar-refractivity contribution in [2.75, 3.05) is 6.61 Å². The van der Waals surface area contributed by atoms with Gasteiger partial charge in [-0.2, -0.15) is 0 Å². The van der Waals surface area contributed by atoms with Crippen LogP contribution in [0, 0.1) is 0 Å². The van der Waals surface area contributed by atoms with Gasteiger partial charge in [-0.15, -0.1) is 0 Å². The van der Waals surface area contributed by atoms with E-state index in [0.717, 1.165) is 30.8 Å². The quantitative estimate of drug-likeness (QED) is 0.601. The lowest BCUT2D eigenvalue weighted by molar-refractivity contribution is 0.108. The summed E-state index contributed by atoms with van der Waals surface area (Å²) in [5.41, 5.74) is 1.15. The SMILES string of the molecule is CCCCOc1ccc(-c2ncc(C(=O)Cl)cn2)cc1. The molecule has 0 fully saturated rings. The zero-order chi connectivity index (χ0) is 14.4. The lowest BCUT2D eigenvalue weighted by atomic mass is 10.2. The molecule has 0 aliphatic heterocycles. The van der Waals surface area contributed by atoms with Crippen molar-refractivity contribution in [2.24, 2.45) is 0 Å². The molecule has 0 amide bonds. The summed E-state index contributed by atoms with van der Waals surface area (Å²) in [6, 6.07) is 7.54. The Morgan fingerprint density at radius 1 is 1.20 bits per heavy atom. The van der Waals surface area contributed by atoms with Gasteiger partial charge in [-0.25, -0.2) is 9.97 Å². The average Bonchev–Trinajstić information content (AvgIpc) is 2.48. The van der Waals surface area contributed by atoms with Gasteiger partial charge in [-0.05, 0) is 42.3 Å². The predicted molar refractivity (Wildman–Crippen MR) is 78.1 cm³/mol. The molecule has 0 spiro atoms. The van der Waals surface area contributed by atoms with Crippen LogP contribution in [-0.2, 0) is 0 Å². The molecule has 1 aromatic heterocycles. The Labute approximate surface area is 122 Å². The summed E-state index contributed by atoms with van der Waals surface area (Å²) in [5, 5.41) is -0.559. The van der Waals surface area contributed by atoms with Crippen molar-refractivity contribution in [1.82, 2.24) is 9.97 Å². The zero-order valence-electron chi connectivity index (χ0n) is 11.2. The van der Waals surface area contributed by atoms with Gasteiger partial charge in [0, 0.05) is 18.0 Å². The Bertz CT molecular complexity index is 567. The fraction of sp³-hybridized carbons (Fsp3) is 0.267. The Hall–Kier alpha value is -1.94. The molecule has 5 heteroatoms. The summed E-state index contributed by atoms with van der Waals surface area (Å²) in [4.78, 5) is 19.2. The van der Waals surface area contributed by atoms with E-state index in [1.807, 2.05) is 24.3 Å². The molecule has 0 bridgehead atoms. The number of carbonyl (C=O) groups excluding carboxylic acids is 1. The lowest BCUT2D eigenvalue weighted by Gasteiger charge is -2.06. The minimum absolute atomic E-state index is 0.287. The Morgan fingerprint density at radius 3 is 2.40 bits per heavy atom. The highest BCUT2D eigenvalue weighted by Crippen LogP contribution is 2.19. The highest BCUT2D eigenvalue weighted by molar-refractivity contribution is 6.67. The smallest absolute Gasteiger partial charge is 0.255 e. The van der Waals surface area contributed by atoms with Gasteiger partial charge in [0.1, 0.15) is 5.75 Å². The number of carbonyl (C=O) groups is 1. The number of halogens is 1. The first kappa shape index (κ1) is 14.5. The van der Waals surface area contributed by atoms with Gasteiger partial charge in [0.2, 0.25) is 0 Å². The van der Waals surface area contributed by atoms with Crippen LogP contribution in [0.25, 0.3) is 11.4 Å². The molecule has 1 heterocycles. The van der Waals surface area contributed by atoms with Crippen LogP contribution in [0.5, 0.6) is 5.75 Å². The summed E-state index contributed by atoms with van der Waals surface area (Å²) in [6.45, 7) is 2.85. The molecule has 0 aliphatic rings. The minimum Gasteiger partial charge on any atom is -0.494 e. The van der Waals surface area contributed by atoms with Crippen LogP contribution in [0.3, 0.4) is 0 Å². The van der Waals surface area contributed by atoms with Crippen LogP contribution in [0.2, 0.25) is 0 Å². The molecule has 0 N–H and O–H groups in total. The van der Waals surface area contributed by atoms with E-state index in [0.29, 0.717) is 5.82 Å². The van der Waals surface area contributed by atoms with Crippen molar-refractivity contribution in [3.63, 3.8) is 0 Å². The standard InChI is InChI=1S/C15H15ClN2O2/c1-2-3-8-20-13-6-4-11(5-7-13)15-17-9-12(10-18-15)14(16)19/h4-7,9-10H,2-3,8H2,1H3. The molecule has 0 radical (unpaired) electrons. The molecule has 2 aromatic rings. The molecular formula is C15H15ClN2O2. The van der Waals surface area contributed by atoms with E-state index in [2.05, 4.69) is 16.9 Å². The molecular weight excluding hydrogens is 276 g/mol. The van der Waals surface area contributed by atoms with E-state index in [4.69, 9.17) is 16.3 Å². The highest BCUT2D eigenvalue weighted by Gasteiger charge is 2.05. The van der Waals surface area contributed by atoms with Crippen LogP contribution in [0.15, 0.2) is 36.7 Å². The topological polar surface area (TPSA) is 52.1 Å². The van der Waals surface area contributed by atoms with Crippen LogP contribution >= 0.6 is 11.6 Å². The third-order valence-electron chi connectivity index (χ3n) is 2.76. The number of benzene rings is 1. The second kappa shape index (κ2) is 7.01. The van der Waals surface area contributed by atoms with Crippen molar-refractivity contribution >= 4 is 16.8 Å². The highest BCUT2D eigenvalue weighted by atomic mass is 35.5. The first-order valence-electron chi connectivity index (χ1n) is 6.46. The van der Waals surface area contributed by atoms with Crippen LogP contribution in [0.1, 0.15) is 30.1 Å². The number of aromatic nitrogens is 2. The minimum atomic E-state index is -0.559. The zero-order valence-corrected chi connectivity index (χ0v) is 11.9. The second-order valence-electron chi connectivity index (χ2n) is 4.30. The van der Waals surface area contributed by atoms with Crippen LogP contribution in [0.4, 0.5) is 0 Å². The molecule has 0 unspecified atom stereocenters. The average molecular weight is 291 g/mol. The maximum atomic E-state index is 10.9. The third kappa shape index (κ3) is 3.78. The van der Waals surface area contributed by atoms with E-state index in [9.17, 15) is 4.79 Å². The summed E-state index contributed by atoms with van der Waals surface area (Å²) in [6.07, 6.45) is 4.99. The van der Waals surface area contributed by atoms with Crippen molar-refractivity contribution in [3.05, 3.63) is 42.2 Å². The molecule has 2 rings (SSSR count). The first-order chi connectivity index (χ1) is 9.70. The predicted octanol–water partition coefficient (Wildman–Crippen LogP) is 3.70. The van der Waals surface area contributed by atoms with E-state index in [1.165, 1.54) is 12.4 Å². The molecule has 0 aliphatic carbocycles. The number of hydrogen-bond donors (Lipinski definition) is 0. The summed E-state index contributed by atoms with van der Waals surface area (Å²) < 4.78 is 5.58. The molecule has 104 valence electrons. The lowest BCUT2D eigenvalue weighted by Crippen LogP contribution is -1.97. The molecule has 0 saturated heterocycles. The van der Waals surface area contributed by atoms with Crippen molar-refractivity contribution < 1.29 is 9.53 Å². The summed E-state index contributed by atoms with van der Waals surface area (Å²) >= 11 is 5.35. The van der Waals surface area contributed by atoms with Gasteiger partial charge in [0.05, 0.1) is 12.2 Å². The number of rotatable bonds is 6. The molecule has 20 heavy (non-hydrogen) atoms. The first-order valence-corrected chi connectivity index (χ1v) is 6.83.